The van der Waals surface area contributed by atoms with Crippen LogP contribution in [0.2, 0.25) is 0 Å². The number of aliphatic imine (C=N–C) groups is 2. The molecule has 5 heteroatoms. The summed E-state index contributed by atoms with van der Waals surface area (Å²) in [4.78, 5) is 10.0. The predicted molar refractivity (Wildman–Crippen MR) is 232 cm³/mol. The minimum atomic E-state index is -0.358. The fourth-order valence-corrected chi connectivity index (χ4v) is 8.59. The molecule has 2 aromatic heterocycles. The molecule has 5 nitrogen and oxygen atoms in total. The summed E-state index contributed by atoms with van der Waals surface area (Å²) in [6.45, 7) is 0. The van der Waals surface area contributed by atoms with Gasteiger partial charge in [-0.05, 0) is 95.3 Å². The van der Waals surface area contributed by atoms with E-state index in [4.69, 9.17) is 15.3 Å². The molecular formula is C51H36N5-. The van der Waals surface area contributed by atoms with Crippen LogP contribution in [-0.4, -0.2) is 20.8 Å². The maximum Gasteiger partial charge on any atom is 0.0822 e. The van der Waals surface area contributed by atoms with E-state index in [-0.39, 0.29) is 6.17 Å². The third kappa shape index (κ3) is 5.39. The first kappa shape index (κ1) is 32.2. The number of hydrogen-bond acceptors (Lipinski definition) is 2. The fourth-order valence-electron chi connectivity index (χ4n) is 8.59. The van der Waals surface area contributed by atoms with Crippen LogP contribution in [0.5, 0.6) is 0 Å². The summed E-state index contributed by atoms with van der Waals surface area (Å²) < 4.78 is 4.83. The number of nitrogens with zero attached hydrogens (tertiary/aromatic N) is 5. The van der Waals surface area contributed by atoms with Gasteiger partial charge in [-0.1, -0.05) is 139 Å². The van der Waals surface area contributed by atoms with Crippen LogP contribution in [0.15, 0.2) is 192 Å². The molecule has 0 N–H and O–H groups in total. The maximum absolute atomic E-state index is 5.05. The van der Waals surface area contributed by atoms with Gasteiger partial charge in [-0.25, -0.2) is 0 Å². The van der Waals surface area contributed by atoms with E-state index in [1.807, 2.05) is 36.4 Å². The van der Waals surface area contributed by atoms with Crippen molar-refractivity contribution in [3.05, 3.63) is 221 Å². The van der Waals surface area contributed by atoms with E-state index in [1.165, 1.54) is 60.8 Å². The van der Waals surface area contributed by atoms with Crippen LogP contribution >= 0.6 is 0 Å². The highest BCUT2D eigenvalue weighted by Crippen LogP contribution is 2.41. The number of benzene rings is 7. The largest absolute Gasteiger partial charge is 0.438 e. The molecule has 1 aliphatic heterocycles. The van der Waals surface area contributed by atoms with Crippen LogP contribution in [0.1, 0.15) is 46.1 Å². The van der Waals surface area contributed by atoms with Crippen molar-refractivity contribution >= 4 is 56.0 Å². The predicted octanol–water partition coefficient (Wildman–Crippen LogP) is 12.5. The Labute approximate surface area is 325 Å². The molecule has 1 atom stereocenters. The monoisotopic (exact) mass is 718 g/mol. The SMILES string of the molecule is C1=C(c2ccc3c(c2)c2ccccc2n3-c2ccccc2)CCc2c1c1ccccc1n2-c1ccc(C2=NC(c3ccccc3)[N-]C(c3ccccc3)=N2)cc1. The first-order valence-electron chi connectivity index (χ1n) is 19.3. The van der Waals surface area contributed by atoms with Crippen molar-refractivity contribution in [1.29, 1.82) is 0 Å². The molecule has 1 aliphatic carbocycles. The van der Waals surface area contributed by atoms with Crippen molar-refractivity contribution in [2.24, 2.45) is 9.98 Å². The van der Waals surface area contributed by atoms with Crippen molar-refractivity contribution in [2.75, 3.05) is 0 Å². The molecule has 1 unspecified atom stereocenters. The summed E-state index contributed by atoms with van der Waals surface area (Å²) in [6.07, 6.45) is 3.98. The Morgan fingerprint density at radius 3 is 1.86 bits per heavy atom. The standard InChI is InChI=1S/C51H36N5/c1-4-14-34(15-5-1)49-52-50(35-16-6-2-7-17-35)54-51(53-49)36-24-28-40(29-25-36)56-46-23-13-11-21-42(46)44-33-38(27-31-48(44)56)37-26-30-47-43(32-37)41-20-10-12-22-45(41)55(47)39-18-8-3-9-19-39/h1-26,28-30,32-33,49H,27,31H2/q-1. The molecule has 11 rings (SSSR count). The summed E-state index contributed by atoms with van der Waals surface area (Å²) in [5, 5.41) is 8.78. The summed E-state index contributed by atoms with van der Waals surface area (Å²) in [6, 6.07) is 64.4. The zero-order chi connectivity index (χ0) is 37.0. The van der Waals surface area contributed by atoms with Gasteiger partial charge in [-0.2, -0.15) is 0 Å². The van der Waals surface area contributed by atoms with Gasteiger partial charge in [0.1, 0.15) is 0 Å². The average molecular weight is 719 g/mol. The molecule has 0 spiro atoms. The molecule has 0 fully saturated rings. The Morgan fingerprint density at radius 2 is 1.09 bits per heavy atom. The van der Waals surface area contributed by atoms with Gasteiger partial charge in [0.2, 0.25) is 0 Å². The summed E-state index contributed by atoms with van der Waals surface area (Å²) in [7, 11) is 0. The van der Waals surface area contributed by atoms with Gasteiger partial charge in [0.25, 0.3) is 0 Å². The zero-order valence-corrected chi connectivity index (χ0v) is 30.6. The van der Waals surface area contributed by atoms with E-state index in [0.717, 1.165) is 35.2 Å². The van der Waals surface area contributed by atoms with Crippen molar-refractivity contribution in [2.45, 2.75) is 19.0 Å². The summed E-state index contributed by atoms with van der Waals surface area (Å²) in [5.41, 5.74) is 14.3. The Bertz CT molecular complexity index is 3020. The van der Waals surface area contributed by atoms with E-state index in [1.54, 1.807) is 0 Å². The zero-order valence-electron chi connectivity index (χ0n) is 30.6. The second-order valence-electron chi connectivity index (χ2n) is 14.5. The molecule has 0 amide bonds. The van der Waals surface area contributed by atoms with Gasteiger partial charge < -0.3 is 19.4 Å². The second-order valence-corrected chi connectivity index (χ2v) is 14.5. The van der Waals surface area contributed by atoms with Crippen LogP contribution in [0.4, 0.5) is 0 Å². The third-order valence-electron chi connectivity index (χ3n) is 11.2. The van der Waals surface area contributed by atoms with Gasteiger partial charge in [-0.15, -0.1) is 0 Å². The Morgan fingerprint density at radius 1 is 0.482 bits per heavy atom. The van der Waals surface area contributed by atoms with E-state index in [2.05, 4.69) is 161 Å². The number of aromatic nitrogens is 2. The normalized spacial score (nSPS) is 15.3. The molecule has 56 heavy (non-hydrogen) atoms. The highest BCUT2D eigenvalue weighted by atomic mass is 15.2. The van der Waals surface area contributed by atoms with Crippen molar-refractivity contribution in [1.82, 2.24) is 9.13 Å². The second kappa shape index (κ2) is 13.3. The van der Waals surface area contributed by atoms with Gasteiger partial charge >= 0.3 is 0 Å². The first-order chi connectivity index (χ1) is 27.8. The van der Waals surface area contributed by atoms with Gasteiger partial charge in [-0.3, -0.25) is 4.99 Å². The van der Waals surface area contributed by atoms with Crippen molar-refractivity contribution in [3.63, 3.8) is 0 Å². The molecular weight excluding hydrogens is 683 g/mol. The number of rotatable bonds is 6. The minimum Gasteiger partial charge on any atom is -0.438 e. The van der Waals surface area contributed by atoms with Crippen LogP contribution in [-0.2, 0) is 6.42 Å². The third-order valence-corrected chi connectivity index (χ3v) is 11.2. The topological polar surface area (TPSA) is 48.7 Å². The average Bonchev–Trinajstić information content (AvgIpc) is 3.79. The number of allylic oxidation sites excluding steroid dienone is 1. The number of para-hydroxylation sites is 3. The highest BCUT2D eigenvalue weighted by Gasteiger charge is 2.23. The highest BCUT2D eigenvalue weighted by molar-refractivity contribution is 6.18. The minimum absolute atomic E-state index is 0.358. The summed E-state index contributed by atoms with van der Waals surface area (Å²) >= 11 is 0. The van der Waals surface area contributed by atoms with Gasteiger partial charge in [0.15, 0.2) is 0 Å². The molecule has 0 saturated carbocycles. The smallest absolute Gasteiger partial charge is 0.0822 e. The lowest BCUT2D eigenvalue weighted by Crippen LogP contribution is -2.15. The van der Waals surface area contributed by atoms with Gasteiger partial charge in [0.05, 0.1) is 28.6 Å². The quantitative estimate of drug-likeness (QED) is 0.164. The fraction of sp³-hybridized carbons (Fsp3) is 0.0588. The molecule has 3 heterocycles. The Balaban J connectivity index is 0.977. The van der Waals surface area contributed by atoms with E-state index in [9.17, 15) is 0 Å². The Hall–Kier alpha value is -7.24. The van der Waals surface area contributed by atoms with Crippen molar-refractivity contribution in [3.8, 4) is 11.4 Å². The lowest BCUT2D eigenvalue weighted by Gasteiger charge is -2.32. The maximum atomic E-state index is 5.05. The molecule has 7 aromatic carbocycles. The lowest BCUT2D eigenvalue weighted by atomic mass is 9.90. The number of amidine groups is 2. The van der Waals surface area contributed by atoms with E-state index < -0.39 is 0 Å². The molecule has 0 bridgehead atoms. The van der Waals surface area contributed by atoms with E-state index in [0.29, 0.717) is 11.7 Å². The van der Waals surface area contributed by atoms with Crippen LogP contribution < -0.4 is 0 Å². The number of fused-ring (bicyclic) bond motifs is 6. The van der Waals surface area contributed by atoms with Crippen molar-refractivity contribution < 1.29 is 0 Å². The lowest BCUT2D eigenvalue weighted by molar-refractivity contribution is 0.877. The molecule has 266 valence electrons. The van der Waals surface area contributed by atoms with Crippen LogP contribution in [0, 0.1) is 0 Å². The molecule has 9 aromatic rings. The van der Waals surface area contributed by atoms with Crippen LogP contribution in [0.3, 0.4) is 0 Å². The number of hydrogen-bond donors (Lipinski definition) is 0. The Kier molecular flexibility index (Phi) is 7.62. The molecule has 0 radical (unpaired) electrons. The summed E-state index contributed by atoms with van der Waals surface area (Å²) in [5.74, 6) is 1.39. The van der Waals surface area contributed by atoms with Gasteiger partial charge in [0, 0.05) is 38.8 Å². The van der Waals surface area contributed by atoms with Crippen LogP contribution in [0.25, 0.3) is 61.0 Å². The molecule has 2 aliphatic rings. The van der Waals surface area contributed by atoms with E-state index >= 15 is 0 Å². The molecule has 0 saturated heterocycles. The first-order valence-corrected chi connectivity index (χ1v) is 19.3.